The first-order valence-corrected chi connectivity index (χ1v) is 44.1. The summed E-state index contributed by atoms with van der Waals surface area (Å²) >= 11 is 3.69. The molecule has 0 bridgehead atoms. The number of alkyl halides is 1. The number of fused-ring (bicyclic) bond motifs is 2. The third-order valence-corrected chi connectivity index (χ3v) is 23.4. The Labute approximate surface area is 991 Å². The fourth-order valence-electron chi connectivity index (χ4n) is 16.9. The number of Topliss-reactive ketones (excluding diaryl/α,β-unsaturated/α-hetero) is 1. The first-order valence-electron chi connectivity index (χ1n) is 43.2. The van der Waals surface area contributed by atoms with Crippen LogP contribution in [0.25, 0.3) is 0 Å². The molecule has 22 nitrogen and oxygen atoms in total. The summed E-state index contributed by atoms with van der Waals surface area (Å²) < 4.78 is 17.3. The van der Waals surface area contributed by atoms with Crippen molar-refractivity contribution >= 4 is 419 Å². The molecule has 3 aliphatic heterocycles. The number of hydrogen-bond donors (Lipinski definition) is 4. The predicted molar refractivity (Wildman–Crippen MR) is 613 cm³/mol. The van der Waals surface area contributed by atoms with E-state index >= 15 is 0 Å². The fraction of sp³-hybridized carbons (Fsp3) is 0.377. The molecule has 0 aliphatic carbocycles. The fourth-order valence-corrected chi connectivity index (χ4v) is 17.5. The van der Waals surface area contributed by atoms with Crippen LogP contribution in [0, 0.1) is 25.2 Å². The minimum Gasteiger partial charge on any atom is -1.00 e. The summed E-state index contributed by atoms with van der Waals surface area (Å²) in [7, 11) is 161. The second-order valence-electron chi connectivity index (χ2n) is 35.1. The van der Waals surface area contributed by atoms with Crippen LogP contribution in [-0.2, 0) is 59.7 Å². The van der Waals surface area contributed by atoms with Crippen LogP contribution in [0.5, 0.6) is 0 Å². The topological polar surface area (TPSA) is 306 Å². The number of amidine groups is 1. The van der Waals surface area contributed by atoms with E-state index in [1.807, 2.05) is 121 Å². The average Bonchev–Trinajstić information content (AvgIpc) is 1.04. The maximum Gasteiger partial charge on any atom is 1.00 e. The number of nitrogens with two attached hydrogens (primary N) is 1. The Hall–Kier alpha value is -0.739. The summed E-state index contributed by atoms with van der Waals surface area (Å²) in [6, 6.07) is 40.4. The Balaban J connectivity index is 0. The van der Waals surface area contributed by atoms with Gasteiger partial charge in [-0.05, 0) is 98.3 Å². The van der Waals surface area contributed by atoms with E-state index in [0.29, 0.717) is 45.5 Å². The van der Waals surface area contributed by atoms with Gasteiger partial charge in [0.2, 0.25) is 0 Å². The Morgan fingerprint density at radius 1 is 0.547 bits per heavy atom. The first kappa shape index (κ1) is 136. The van der Waals surface area contributed by atoms with Crippen molar-refractivity contribution in [3.8, 4) is 0 Å². The summed E-state index contributed by atoms with van der Waals surface area (Å²) in [5.41, 5.74) is 10.2. The molecule has 0 saturated carbocycles. The molecule has 137 heavy (non-hydrogen) atoms. The van der Waals surface area contributed by atoms with Crippen LogP contribution in [-0.4, -0.2) is 461 Å². The van der Waals surface area contributed by atoms with E-state index in [2.05, 4.69) is 79.3 Å². The minimum absolute atomic E-state index is 0. The van der Waals surface area contributed by atoms with Gasteiger partial charge in [0.1, 0.15) is 28.8 Å². The van der Waals surface area contributed by atoms with Crippen molar-refractivity contribution in [2.75, 3.05) is 19.7 Å². The van der Waals surface area contributed by atoms with Crippen molar-refractivity contribution in [3.63, 3.8) is 0 Å². The van der Waals surface area contributed by atoms with E-state index in [9.17, 15) is 33.8 Å². The molecule has 51 radical (unpaired) electrons. The van der Waals surface area contributed by atoms with Crippen LogP contribution in [0.15, 0.2) is 131 Å². The smallest absolute Gasteiger partial charge is 1.00 e. The summed E-state index contributed by atoms with van der Waals surface area (Å²) in [6.07, 6.45) is -29.6. The first-order chi connectivity index (χ1) is 62.4. The number of ketones is 1. The number of aromatic nitrogens is 4. The standard InChI is InChI=1S/C25H27N3O3.C13H11Br.C12H17N3O3.C8H14BNO4.C2H6N2.CH2O3.B49.ClH.2Cs.H/c1-17-26-21-16-27(24(30)31-25(2,3)4)15-20(21)23(29)28(17)22(18-11-7-5-8-12-18)19-13-9-6-10-14-19;14-13(11-7-3-1-4-8-11)12-9-5-2-6-10-12;1-7-13-9-6-15(5-8(9)10(16)14-7)11(17)18-12(2,3)4;1-3-14-8(12)6-4-10(9(2)13)5-7(6)11;1-2(3)4;2-1-4-3;1-26-39(27(2)3)45(38(24)25)48(44(36(20)21)37(22)23)49(46(40(28(4)5)29(6)7)41(30(8)9)31(10)11)47(42(32(12)13)33(14)15)43(34(16)17)35(18)19;;;;/h5-14,22H,15-16H2,1-4H3;1-10,13H;5-6H2,1-4H3,(H,13,14,16);6,13H,3-5H2,1-2H3;1H3,(H3,3,4);1,3H;;1H;;;/q;;;;;;;;2*+1;-1/p-1. The molecule has 1 atom stereocenters. The number of rotatable bonds is 32. The summed E-state index contributed by atoms with van der Waals surface area (Å²) in [6.45, 7) is 20.8. The van der Waals surface area contributed by atoms with Crippen molar-refractivity contribution in [2.24, 2.45) is 11.7 Å². The Kier molecular flexibility index (Phi) is 66.3. The van der Waals surface area contributed by atoms with Crippen LogP contribution < -0.4 is 160 Å². The number of benzene rings is 4. The van der Waals surface area contributed by atoms with Crippen LogP contribution in [0.2, 0.25) is 6.82 Å². The SMILES string of the molecule is BrC(c1ccccc1)c1ccccc1.CC(=N)N.CCOC(=O)C1CN(B(C)O)CC1=O.Cc1nc2c(c(=O)[nH]1)CN(C(=O)OC(C)(C)C)C2.Cc1nc2c(c(=O)n1C(c1ccccc1)c1ccccc1)CN(C(=O)OC(C)(C)C)C2.Cl.O=CO[O-].[B][B]B(B([B])[B])B(B([B])[B])B(B(B([B])[B])B([B])[B])B(B(B(B([B])[B])B([B])[B])B(B([B])[B])B([B])[B])B(B(B([B])[B])B([B])[B])B(B([B])[B])B([B])[B].[Cs+].[Cs+].[H-]. The number of carbonyl (C=O) groups excluding carboxylic acids is 5. The van der Waals surface area contributed by atoms with Crippen molar-refractivity contribution in [3.05, 3.63) is 198 Å². The van der Waals surface area contributed by atoms with Crippen LogP contribution in [0.3, 0.4) is 0 Å². The molecule has 5 N–H and O–H groups in total. The zero-order valence-corrected chi connectivity index (χ0v) is 95.5. The number of amides is 2. The third kappa shape index (κ3) is 43.4. The van der Waals surface area contributed by atoms with Gasteiger partial charge in [0, 0.05) is 354 Å². The van der Waals surface area contributed by atoms with Gasteiger partial charge < -0.3 is 46.3 Å². The minimum atomic E-state index is -1.33. The Morgan fingerprint density at radius 3 is 1.12 bits per heavy atom. The van der Waals surface area contributed by atoms with Gasteiger partial charge in [-0.2, -0.15) is 0 Å². The number of aromatic amines is 1. The maximum absolute atomic E-state index is 13.7. The van der Waals surface area contributed by atoms with Crippen molar-refractivity contribution in [1.29, 1.82) is 5.41 Å². The Bertz CT molecular complexity index is 4530. The number of hydrogen-bond acceptors (Lipinski definition) is 17. The van der Waals surface area contributed by atoms with Gasteiger partial charge in [0.05, 0.1) is 78.6 Å². The van der Waals surface area contributed by atoms with E-state index in [-0.39, 0.29) is 226 Å². The second kappa shape index (κ2) is 66.7. The number of aryl methyl sites for hydroxylation is 2. The van der Waals surface area contributed by atoms with Gasteiger partial charge in [0.25, 0.3) is 17.6 Å². The zero-order valence-electron chi connectivity index (χ0n) is 81.6. The van der Waals surface area contributed by atoms with Crippen LogP contribution in [0.4, 0.5) is 9.59 Å². The van der Waals surface area contributed by atoms with E-state index in [0.717, 1.165) is 11.1 Å². The Morgan fingerprint density at radius 2 is 0.847 bits per heavy atom. The molecule has 1 unspecified atom stereocenters. The molecule has 76 heteroatoms. The molecule has 6 aromatic rings. The van der Waals surface area contributed by atoms with Gasteiger partial charge in [-0.1, -0.05) is 137 Å². The van der Waals surface area contributed by atoms with Gasteiger partial charge in [-0.3, -0.25) is 43.7 Å². The summed E-state index contributed by atoms with van der Waals surface area (Å²) in [4.78, 5) is 100. The number of nitrogens with one attached hydrogen (secondary N) is 2. The van der Waals surface area contributed by atoms with E-state index in [1.165, 1.54) is 34.9 Å². The molecule has 3 aliphatic rings. The molecular weight excluding hydrogens is 1990 g/mol. The molecular formula is C61H78B50BrClCs2N9O13. The molecule has 0 spiro atoms. The normalized spacial score (nSPS) is 12.1. The average molecular weight is 2070 g/mol. The number of carbonyl (C=O) groups is 5. The van der Waals surface area contributed by atoms with Gasteiger partial charge in [-0.25, -0.2) is 19.6 Å². The quantitative estimate of drug-likeness (QED) is 0.00291. The van der Waals surface area contributed by atoms with Gasteiger partial charge in [0.15, 0.2) is 5.78 Å². The van der Waals surface area contributed by atoms with Crippen molar-refractivity contribution in [2.45, 2.75) is 124 Å². The molecule has 1 fully saturated rings. The number of H-pyrrole nitrogens is 1. The van der Waals surface area contributed by atoms with Gasteiger partial charge in [-0.15, -0.1) is 12.4 Å². The van der Waals surface area contributed by atoms with Crippen LogP contribution in [0.1, 0.15) is 124 Å². The molecule has 4 aromatic carbocycles. The molecule has 2 aromatic heterocycles. The van der Waals surface area contributed by atoms with Crippen LogP contribution >= 0.6 is 28.3 Å². The van der Waals surface area contributed by atoms with E-state index < -0.39 is 189 Å². The molecule has 2 amide bonds. The second-order valence-corrected chi connectivity index (χ2v) is 36.0. The summed E-state index contributed by atoms with van der Waals surface area (Å²) in [5, 5.41) is 23.9. The van der Waals surface area contributed by atoms with Crippen molar-refractivity contribution in [1.82, 2.24) is 34.1 Å². The molecule has 9 rings (SSSR count). The third-order valence-electron chi connectivity index (χ3n) is 22.3. The number of esters is 1. The largest absolute Gasteiger partial charge is 1.00 e. The van der Waals surface area contributed by atoms with Gasteiger partial charge >= 0.3 is 163 Å². The van der Waals surface area contributed by atoms with E-state index in [4.69, 9.17) is 234 Å². The number of halogens is 2. The number of ether oxygens (including phenoxy) is 3. The summed E-state index contributed by atoms with van der Waals surface area (Å²) in [5.74, 6) is -0.0353. The van der Waals surface area contributed by atoms with E-state index in [1.54, 1.807) is 30.0 Å². The maximum atomic E-state index is 13.7. The predicted octanol–water partition coefficient (Wildman–Crippen LogP) is -16.6. The molecule has 5 heterocycles. The van der Waals surface area contributed by atoms with Crippen molar-refractivity contribution < 1.29 is 193 Å². The zero-order chi connectivity index (χ0) is 102. The monoisotopic (exact) mass is 2070 g/mol. The molecule has 1 saturated heterocycles. The number of nitrogens with zero attached hydrogens (tertiary/aromatic N) is 6. The molecule has 611 valence electrons.